The van der Waals surface area contributed by atoms with Crippen LogP contribution in [-0.2, 0) is 36.5 Å². The van der Waals surface area contributed by atoms with Crippen LogP contribution in [0.2, 0.25) is 0 Å². The number of pyridine rings is 1. The van der Waals surface area contributed by atoms with Gasteiger partial charge in [-0.2, -0.15) is 52.7 Å². The summed E-state index contributed by atoms with van der Waals surface area (Å²) in [5.41, 5.74) is -8.48. The molecule has 6 aromatic carbocycles. The molecule has 59 heavy (non-hydrogen) atoms. The van der Waals surface area contributed by atoms with Gasteiger partial charge in [-0.3, -0.25) is 5.09 Å². The average Bonchev–Trinajstić information content (AvgIpc) is 3.30. The Kier molecular flexibility index (Phi) is 9.43. The summed E-state index contributed by atoms with van der Waals surface area (Å²) in [4.78, 5) is 4.17. The van der Waals surface area contributed by atoms with Gasteiger partial charge in [0, 0.05) is 40.3 Å². The predicted octanol–water partition coefficient (Wildman–Crippen LogP) is 14.6. The SMILES string of the molecule is FC(F)(F)c1cc(-c2cc3ccccc3c3c2OP(=S)(Nc2ccccn2)Oc2c(-c4cc(C(F)(F)F)cc(C(F)(F)F)c4)cc4ccccc4c2-3)cc(C(F)(F)F)c1. The van der Waals surface area contributed by atoms with Crippen molar-refractivity contribution in [3.63, 3.8) is 0 Å². The lowest BCUT2D eigenvalue weighted by Gasteiger charge is -2.25. The zero-order chi connectivity index (χ0) is 42.3. The van der Waals surface area contributed by atoms with Crippen LogP contribution >= 0.6 is 6.64 Å². The van der Waals surface area contributed by atoms with E-state index in [1.54, 1.807) is 36.4 Å². The monoisotopic (exact) mass is 864 g/mol. The molecule has 0 unspecified atom stereocenters. The van der Waals surface area contributed by atoms with Gasteiger partial charge in [0.2, 0.25) is 0 Å². The van der Waals surface area contributed by atoms with Crippen LogP contribution in [0.1, 0.15) is 22.3 Å². The average molecular weight is 865 g/mol. The second kappa shape index (κ2) is 13.9. The maximum atomic E-state index is 14.3. The number of nitrogens with zero attached hydrogens (tertiary/aromatic N) is 1. The molecule has 1 aliphatic heterocycles. The number of benzene rings is 6. The Labute approximate surface area is 330 Å². The molecule has 1 N–H and O–H groups in total. The Morgan fingerprint density at radius 3 is 1.20 bits per heavy atom. The molecule has 4 nitrogen and oxygen atoms in total. The summed E-state index contributed by atoms with van der Waals surface area (Å²) >= 11 is 5.97. The van der Waals surface area contributed by atoms with E-state index in [9.17, 15) is 52.7 Å². The zero-order valence-electron chi connectivity index (χ0n) is 29.2. The Morgan fingerprint density at radius 1 is 0.475 bits per heavy atom. The number of nitrogens with one attached hydrogen (secondary N) is 1. The van der Waals surface area contributed by atoms with Crippen molar-refractivity contribution in [3.05, 3.63) is 144 Å². The third kappa shape index (κ3) is 7.64. The van der Waals surface area contributed by atoms with E-state index in [1.165, 1.54) is 48.7 Å². The van der Waals surface area contributed by atoms with Crippen LogP contribution in [-0.4, -0.2) is 4.98 Å². The normalized spacial score (nSPS) is 14.2. The van der Waals surface area contributed by atoms with Gasteiger partial charge in [0.15, 0.2) is 0 Å². The standard InChI is InChI=1S/C41H21F12N2O2PS/c42-38(43,44)25-13-23(14-26(19-25)39(45,46)47)31-17-21-7-1-3-9-29(21)34-35-30-10-4-2-8-22(30)18-32(24-15-27(40(48,49)50)20-28(16-24)41(51,52)53)37(35)57-58(59,56-36(31)34)55-33-11-5-6-12-54-33/h1-20H,(H,54,55,59). The van der Waals surface area contributed by atoms with Crippen LogP contribution in [0.4, 0.5) is 58.5 Å². The summed E-state index contributed by atoms with van der Waals surface area (Å²) in [5, 5.41) is 3.86. The van der Waals surface area contributed by atoms with Gasteiger partial charge in [-0.05, 0) is 93.3 Å². The van der Waals surface area contributed by atoms with Crippen LogP contribution in [0.25, 0.3) is 54.9 Å². The first-order chi connectivity index (χ1) is 27.6. The fourth-order valence-electron chi connectivity index (χ4n) is 6.87. The zero-order valence-corrected chi connectivity index (χ0v) is 30.9. The van der Waals surface area contributed by atoms with Crippen LogP contribution in [0.15, 0.2) is 121 Å². The summed E-state index contributed by atoms with van der Waals surface area (Å²) in [7, 11) is 0. The molecule has 8 rings (SSSR count). The molecule has 1 aliphatic rings. The molecular weight excluding hydrogens is 843 g/mol. The Morgan fingerprint density at radius 2 is 0.847 bits per heavy atom. The molecule has 0 bridgehead atoms. The molecule has 0 aliphatic carbocycles. The molecule has 18 heteroatoms. The Balaban J connectivity index is 1.56. The van der Waals surface area contributed by atoms with E-state index in [0.717, 1.165) is 0 Å². The second-order valence-electron chi connectivity index (χ2n) is 13.3. The van der Waals surface area contributed by atoms with Gasteiger partial charge in [0.05, 0.1) is 22.3 Å². The summed E-state index contributed by atoms with van der Waals surface area (Å²) < 4.78 is 184. The highest BCUT2D eigenvalue weighted by Crippen LogP contribution is 2.63. The number of fused-ring (bicyclic) bond motifs is 7. The molecule has 0 atom stereocenters. The third-order valence-electron chi connectivity index (χ3n) is 9.39. The molecule has 0 radical (unpaired) electrons. The number of anilines is 1. The number of hydrogen-bond donors (Lipinski definition) is 1. The van der Waals surface area contributed by atoms with E-state index in [4.69, 9.17) is 20.9 Å². The maximum absolute atomic E-state index is 14.3. The van der Waals surface area contributed by atoms with Crippen molar-refractivity contribution in [2.45, 2.75) is 24.7 Å². The van der Waals surface area contributed by atoms with E-state index in [1.807, 2.05) is 0 Å². The lowest BCUT2D eigenvalue weighted by atomic mass is 9.85. The number of halogens is 12. The highest BCUT2D eigenvalue weighted by Gasteiger charge is 2.41. The molecule has 2 heterocycles. The third-order valence-corrected chi connectivity index (χ3v) is 11.5. The summed E-state index contributed by atoms with van der Waals surface area (Å²) in [5.74, 6) is -0.768. The van der Waals surface area contributed by atoms with Crippen molar-refractivity contribution in [1.82, 2.24) is 4.98 Å². The number of aromatic nitrogens is 1. The van der Waals surface area contributed by atoms with E-state index < -0.39 is 64.7 Å². The number of rotatable bonds is 4. The maximum Gasteiger partial charge on any atom is 0.416 e. The molecule has 0 amide bonds. The smallest absolute Gasteiger partial charge is 0.416 e. The summed E-state index contributed by atoms with van der Waals surface area (Å²) in [6.45, 7) is -4.34. The largest absolute Gasteiger partial charge is 0.419 e. The highest BCUT2D eigenvalue weighted by atomic mass is 32.5. The first-order valence-corrected chi connectivity index (χ1v) is 19.6. The van der Waals surface area contributed by atoms with Crippen molar-refractivity contribution in [3.8, 4) is 44.9 Å². The lowest BCUT2D eigenvalue weighted by Crippen LogP contribution is -2.12. The van der Waals surface area contributed by atoms with E-state index >= 15 is 0 Å². The van der Waals surface area contributed by atoms with Gasteiger partial charge in [0.25, 0.3) is 0 Å². The first kappa shape index (κ1) is 40.0. The van der Waals surface area contributed by atoms with Gasteiger partial charge in [-0.25, -0.2) is 4.98 Å². The van der Waals surface area contributed by atoms with Crippen LogP contribution in [0.3, 0.4) is 0 Å². The van der Waals surface area contributed by atoms with E-state index in [0.29, 0.717) is 24.3 Å². The second-order valence-corrected chi connectivity index (χ2v) is 16.3. The Bertz CT molecular complexity index is 2620. The minimum atomic E-state index is -5.25. The highest BCUT2D eigenvalue weighted by molar-refractivity contribution is 8.10. The van der Waals surface area contributed by atoms with Crippen molar-refractivity contribution >= 4 is 45.8 Å². The molecule has 0 spiro atoms. The van der Waals surface area contributed by atoms with Crippen LogP contribution in [0.5, 0.6) is 11.5 Å². The fraction of sp³-hybridized carbons (Fsp3) is 0.0976. The van der Waals surface area contributed by atoms with E-state index in [-0.39, 0.29) is 73.2 Å². The first-order valence-electron chi connectivity index (χ1n) is 17.0. The molecule has 0 fully saturated rings. The predicted molar refractivity (Wildman–Crippen MR) is 201 cm³/mol. The van der Waals surface area contributed by atoms with Gasteiger partial charge in [0.1, 0.15) is 17.3 Å². The minimum Gasteiger partial charge on any atom is -0.419 e. The minimum absolute atomic E-state index is 0.00219. The molecule has 302 valence electrons. The van der Waals surface area contributed by atoms with Crippen molar-refractivity contribution in [2.24, 2.45) is 0 Å². The van der Waals surface area contributed by atoms with Gasteiger partial charge >= 0.3 is 31.3 Å². The van der Waals surface area contributed by atoms with Crippen LogP contribution < -0.4 is 14.1 Å². The lowest BCUT2D eigenvalue weighted by molar-refractivity contribution is -0.144. The van der Waals surface area contributed by atoms with Gasteiger partial charge in [-0.1, -0.05) is 54.6 Å². The van der Waals surface area contributed by atoms with Gasteiger partial charge < -0.3 is 9.05 Å². The topological polar surface area (TPSA) is 43.4 Å². The molecule has 1 aromatic heterocycles. The molecule has 7 aromatic rings. The molecular formula is C41H21F12N2O2PS. The molecule has 0 saturated heterocycles. The number of hydrogen-bond acceptors (Lipinski definition) is 4. The summed E-state index contributed by atoms with van der Waals surface area (Å²) in [6, 6.07) is 21.3. The number of alkyl halides is 12. The van der Waals surface area contributed by atoms with Crippen LogP contribution in [0, 0.1) is 0 Å². The Hall–Kier alpha value is -5.80. The van der Waals surface area contributed by atoms with Crippen molar-refractivity contribution in [2.75, 3.05) is 5.09 Å². The summed E-state index contributed by atoms with van der Waals surface area (Å²) in [6.07, 6.45) is -19.7. The van der Waals surface area contributed by atoms with Crippen molar-refractivity contribution < 1.29 is 61.7 Å². The van der Waals surface area contributed by atoms with Crippen molar-refractivity contribution in [1.29, 1.82) is 0 Å². The van der Waals surface area contributed by atoms with E-state index in [2.05, 4.69) is 10.1 Å². The quantitative estimate of drug-likeness (QED) is 0.141. The molecule has 0 saturated carbocycles. The van der Waals surface area contributed by atoms with Gasteiger partial charge in [-0.15, -0.1) is 0 Å². The fourth-order valence-corrected chi connectivity index (χ4v) is 9.00.